The van der Waals surface area contributed by atoms with E-state index in [2.05, 4.69) is 103 Å². The first-order chi connectivity index (χ1) is 12.7. The van der Waals surface area contributed by atoms with Gasteiger partial charge in [0.15, 0.2) is 0 Å². The summed E-state index contributed by atoms with van der Waals surface area (Å²) in [7, 11) is 0. The molecule has 1 aliphatic carbocycles. The Labute approximate surface area is 154 Å². The van der Waals surface area contributed by atoms with Gasteiger partial charge in [-0.15, -0.1) is 0 Å². The van der Waals surface area contributed by atoms with Crippen molar-refractivity contribution in [1.82, 2.24) is 0 Å². The normalized spacial score (nSPS) is 30.3. The molecule has 3 unspecified atom stereocenters. The zero-order chi connectivity index (χ0) is 17.5. The van der Waals surface area contributed by atoms with Gasteiger partial charge in [0.05, 0.1) is 11.4 Å². The highest BCUT2D eigenvalue weighted by Gasteiger charge is 2.72. The Morgan fingerprint density at radius 2 is 1.27 bits per heavy atom. The van der Waals surface area contributed by atoms with Crippen molar-refractivity contribution in [1.29, 1.82) is 0 Å². The third-order valence-corrected chi connectivity index (χ3v) is 7.11. The molecule has 2 heterocycles. The van der Waals surface area contributed by atoms with E-state index in [9.17, 15) is 0 Å². The lowest BCUT2D eigenvalue weighted by molar-refractivity contribution is 0.372. The molecule has 0 spiro atoms. The van der Waals surface area contributed by atoms with Crippen LogP contribution in [0.3, 0.4) is 0 Å². The summed E-state index contributed by atoms with van der Waals surface area (Å²) in [6, 6.07) is 28.7. The number of rotatable bonds is 1. The van der Waals surface area contributed by atoms with Gasteiger partial charge in [0.25, 0.3) is 0 Å². The summed E-state index contributed by atoms with van der Waals surface area (Å²) in [6.45, 7) is 4.93. The molecule has 0 radical (unpaired) electrons. The zero-order valence-electron chi connectivity index (χ0n) is 15.2. The quantitative estimate of drug-likeness (QED) is 0.538. The molecule has 2 heteroatoms. The van der Waals surface area contributed by atoms with Crippen LogP contribution in [0.4, 0.5) is 22.7 Å². The average Bonchev–Trinajstić information content (AvgIpc) is 3.11. The number of hydrogen-bond donors (Lipinski definition) is 0. The summed E-state index contributed by atoms with van der Waals surface area (Å²) in [5, 5.41) is 0. The van der Waals surface area contributed by atoms with Gasteiger partial charge in [-0.3, -0.25) is 0 Å². The minimum absolute atomic E-state index is 0.232. The second-order valence-corrected chi connectivity index (χ2v) is 8.38. The standard InChI is InChI=1S/C24H22N2/c1-23-16-24(23,2)22-25(17-10-4-3-5-11-17)20-14-8-9-15-21(20)26(22)19-13-7-6-12-18(19)23/h3-15,22H,16H2,1-2H3. The van der Waals surface area contributed by atoms with Crippen molar-refractivity contribution in [2.45, 2.75) is 31.8 Å². The number of hydrogen-bond acceptors (Lipinski definition) is 2. The van der Waals surface area contributed by atoms with Crippen LogP contribution in [0.1, 0.15) is 25.8 Å². The van der Waals surface area contributed by atoms with E-state index in [1.165, 1.54) is 34.7 Å². The van der Waals surface area contributed by atoms with Gasteiger partial charge in [0, 0.05) is 22.2 Å². The summed E-state index contributed by atoms with van der Waals surface area (Å²) in [4.78, 5) is 5.16. The fraction of sp³-hybridized carbons (Fsp3) is 0.250. The SMILES string of the molecule is CC12CC1(C)C1N(c3ccccc3)c3ccccc3N1c1ccccc12. The second-order valence-electron chi connectivity index (χ2n) is 8.38. The molecule has 26 heavy (non-hydrogen) atoms. The highest BCUT2D eigenvalue weighted by atomic mass is 15.4. The maximum atomic E-state index is 2.59. The maximum absolute atomic E-state index is 2.59. The summed E-state index contributed by atoms with van der Waals surface area (Å²) in [6.07, 6.45) is 1.55. The lowest BCUT2D eigenvalue weighted by atomic mass is 9.81. The Kier molecular flexibility index (Phi) is 2.50. The van der Waals surface area contributed by atoms with E-state index in [0.717, 1.165) is 0 Å². The van der Waals surface area contributed by atoms with Crippen LogP contribution >= 0.6 is 0 Å². The van der Waals surface area contributed by atoms with Crippen molar-refractivity contribution in [2.24, 2.45) is 5.41 Å². The molecule has 3 aromatic rings. The number of anilines is 4. The van der Waals surface area contributed by atoms with E-state index in [4.69, 9.17) is 0 Å². The number of para-hydroxylation sites is 4. The molecule has 0 N–H and O–H groups in total. The van der Waals surface area contributed by atoms with Gasteiger partial charge in [-0.2, -0.15) is 0 Å². The molecule has 128 valence electrons. The van der Waals surface area contributed by atoms with Crippen LogP contribution in [0.2, 0.25) is 0 Å². The molecule has 3 aromatic carbocycles. The second kappa shape index (κ2) is 4.50. The van der Waals surface area contributed by atoms with Gasteiger partial charge in [0.1, 0.15) is 6.17 Å². The lowest BCUT2D eigenvalue weighted by Crippen LogP contribution is -2.50. The smallest absolute Gasteiger partial charge is 0.117 e. The summed E-state index contributed by atoms with van der Waals surface area (Å²) in [5.74, 6) is 0. The van der Waals surface area contributed by atoms with Crippen molar-refractivity contribution >= 4 is 22.7 Å². The lowest BCUT2D eigenvalue weighted by Gasteiger charge is -2.44. The van der Waals surface area contributed by atoms with E-state index in [1.54, 1.807) is 0 Å². The van der Waals surface area contributed by atoms with Gasteiger partial charge < -0.3 is 9.80 Å². The van der Waals surface area contributed by atoms with Crippen LogP contribution in [0.15, 0.2) is 78.9 Å². The monoisotopic (exact) mass is 338 g/mol. The minimum atomic E-state index is 0.232. The molecular weight excluding hydrogens is 316 g/mol. The van der Waals surface area contributed by atoms with Crippen LogP contribution in [0, 0.1) is 5.41 Å². The highest BCUT2D eigenvalue weighted by Crippen LogP contribution is 2.75. The molecule has 0 amide bonds. The molecule has 3 aliphatic rings. The van der Waals surface area contributed by atoms with Crippen LogP contribution in [-0.2, 0) is 5.41 Å². The van der Waals surface area contributed by atoms with Gasteiger partial charge in [-0.1, -0.05) is 62.4 Å². The van der Waals surface area contributed by atoms with Crippen molar-refractivity contribution in [3.8, 4) is 0 Å². The number of fused-ring (bicyclic) bond motifs is 8. The highest BCUT2D eigenvalue weighted by molar-refractivity contribution is 5.91. The molecule has 3 atom stereocenters. The minimum Gasteiger partial charge on any atom is -0.318 e. The van der Waals surface area contributed by atoms with E-state index in [0.29, 0.717) is 6.17 Å². The van der Waals surface area contributed by atoms with E-state index < -0.39 is 0 Å². The molecule has 1 fully saturated rings. The van der Waals surface area contributed by atoms with Crippen LogP contribution < -0.4 is 9.80 Å². The summed E-state index contributed by atoms with van der Waals surface area (Å²) >= 11 is 0. The molecule has 0 bridgehead atoms. The first-order valence-electron chi connectivity index (χ1n) is 9.47. The Hall–Kier alpha value is -2.74. The van der Waals surface area contributed by atoms with Crippen molar-refractivity contribution in [3.05, 3.63) is 84.4 Å². The molecule has 2 aliphatic heterocycles. The summed E-state index contributed by atoms with van der Waals surface area (Å²) < 4.78 is 0. The molecule has 1 saturated carbocycles. The average molecular weight is 338 g/mol. The maximum Gasteiger partial charge on any atom is 0.117 e. The zero-order valence-corrected chi connectivity index (χ0v) is 15.2. The van der Waals surface area contributed by atoms with Gasteiger partial charge >= 0.3 is 0 Å². The predicted molar refractivity (Wildman–Crippen MR) is 107 cm³/mol. The van der Waals surface area contributed by atoms with E-state index in [1.807, 2.05) is 0 Å². The first kappa shape index (κ1) is 14.4. The largest absolute Gasteiger partial charge is 0.318 e. The third-order valence-electron chi connectivity index (χ3n) is 7.11. The Balaban J connectivity index is 1.67. The van der Waals surface area contributed by atoms with Crippen molar-refractivity contribution < 1.29 is 0 Å². The molecular formula is C24H22N2. The fourth-order valence-electron chi connectivity index (χ4n) is 5.57. The van der Waals surface area contributed by atoms with Gasteiger partial charge in [-0.05, 0) is 42.3 Å². The van der Waals surface area contributed by atoms with Crippen molar-refractivity contribution in [2.75, 3.05) is 9.80 Å². The van der Waals surface area contributed by atoms with Crippen LogP contribution in [0.25, 0.3) is 0 Å². The Bertz CT molecular complexity index is 1030. The van der Waals surface area contributed by atoms with Crippen LogP contribution in [0.5, 0.6) is 0 Å². The molecule has 2 nitrogen and oxygen atoms in total. The summed E-state index contributed by atoms with van der Waals surface area (Å²) in [5.41, 5.74) is 7.28. The Morgan fingerprint density at radius 3 is 2.00 bits per heavy atom. The molecule has 0 aromatic heterocycles. The number of nitrogens with zero attached hydrogens (tertiary/aromatic N) is 2. The first-order valence-corrected chi connectivity index (χ1v) is 9.47. The van der Waals surface area contributed by atoms with Gasteiger partial charge in [-0.25, -0.2) is 0 Å². The molecule has 6 rings (SSSR count). The van der Waals surface area contributed by atoms with Gasteiger partial charge in [0.2, 0.25) is 0 Å². The third kappa shape index (κ3) is 1.50. The Morgan fingerprint density at radius 1 is 0.692 bits per heavy atom. The fourth-order valence-corrected chi connectivity index (χ4v) is 5.57. The van der Waals surface area contributed by atoms with E-state index in [-0.39, 0.29) is 10.8 Å². The van der Waals surface area contributed by atoms with Crippen LogP contribution in [-0.4, -0.2) is 6.17 Å². The molecule has 0 saturated heterocycles. The van der Waals surface area contributed by atoms with E-state index >= 15 is 0 Å². The van der Waals surface area contributed by atoms with Crippen molar-refractivity contribution in [3.63, 3.8) is 0 Å². The topological polar surface area (TPSA) is 6.48 Å². The predicted octanol–water partition coefficient (Wildman–Crippen LogP) is 5.98. The number of benzene rings is 3.